The van der Waals surface area contributed by atoms with Gasteiger partial charge in [0.2, 0.25) is 11.6 Å². The van der Waals surface area contributed by atoms with E-state index < -0.39 is 17.3 Å². The summed E-state index contributed by atoms with van der Waals surface area (Å²) in [4.78, 5) is 33.2. The van der Waals surface area contributed by atoms with Gasteiger partial charge in [-0.15, -0.1) is 0 Å². The largest absolute Gasteiger partial charge is 0.485 e. The van der Waals surface area contributed by atoms with Crippen molar-refractivity contribution < 1.29 is 19.1 Å². The number of ketones is 3. The van der Waals surface area contributed by atoms with E-state index >= 15 is 0 Å². The molecule has 2 aliphatic rings. The van der Waals surface area contributed by atoms with Gasteiger partial charge in [0.05, 0.1) is 0 Å². The van der Waals surface area contributed by atoms with Crippen molar-refractivity contribution >= 4 is 17.3 Å². The molecule has 1 atom stereocenters. The van der Waals surface area contributed by atoms with Gasteiger partial charge >= 0.3 is 0 Å². The Morgan fingerprint density at radius 2 is 1.34 bits per heavy atom. The van der Waals surface area contributed by atoms with Gasteiger partial charge in [0.25, 0.3) is 5.78 Å². The molecular weight excluding hydrogens is 364 g/mol. The molecular formula is C25H20O4. The summed E-state index contributed by atoms with van der Waals surface area (Å²) in [6.07, 6.45) is 2.45. The van der Waals surface area contributed by atoms with Gasteiger partial charge in [-0.05, 0) is 35.6 Å². The third-order valence-corrected chi connectivity index (χ3v) is 5.16. The number of hydrogen-bond donors (Lipinski definition) is 0. The molecule has 4 nitrogen and oxygen atoms in total. The molecule has 1 aliphatic heterocycles. The Kier molecular flexibility index (Phi) is 5.34. The first-order chi connectivity index (χ1) is 14.1. The summed E-state index contributed by atoms with van der Waals surface area (Å²) in [5, 5.41) is 0. The molecule has 5 rings (SSSR count). The van der Waals surface area contributed by atoms with Crippen LogP contribution in [0.4, 0.5) is 0 Å². The molecule has 29 heavy (non-hydrogen) atoms. The number of ether oxygens (including phenoxy) is 1. The molecule has 4 heteroatoms. The number of Topliss-reactive ketones (excluding diaryl/α,β-unsaturated/α-hetero) is 3. The average Bonchev–Trinajstić information content (AvgIpc) is 2.78. The van der Waals surface area contributed by atoms with Gasteiger partial charge in [-0.2, -0.15) is 0 Å². The standard InChI is InChI=1S/C15H14O.C10H6O3/c1-2-6-12(7-3-1)15-11-10-13-8-4-5-9-14(13)16-15;11-8-5-6-3-1-2-4-7(6)9(12)10(8)13/h1-9,15H,10-11H2;1-4H,5H2. The van der Waals surface area contributed by atoms with Gasteiger partial charge in [-0.1, -0.05) is 72.8 Å². The SMILES string of the molecule is O=C1Cc2ccccc2C(=O)C1=O.c1ccc(C2CCc3ccccc3O2)cc1. The van der Waals surface area contributed by atoms with E-state index in [9.17, 15) is 14.4 Å². The maximum Gasteiger partial charge on any atom is 0.269 e. The fraction of sp³-hybridized carbons (Fsp3) is 0.160. The minimum atomic E-state index is -0.890. The van der Waals surface area contributed by atoms with Crippen LogP contribution in [-0.4, -0.2) is 17.3 Å². The topological polar surface area (TPSA) is 60.4 Å². The monoisotopic (exact) mass is 384 g/mol. The number of fused-ring (bicyclic) bond motifs is 2. The van der Waals surface area contributed by atoms with E-state index in [-0.39, 0.29) is 12.5 Å². The fourth-order valence-electron chi connectivity index (χ4n) is 3.62. The lowest BCUT2D eigenvalue weighted by Crippen LogP contribution is -2.31. The van der Waals surface area contributed by atoms with Crippen LogP contribution in [0.2, 0.25) is 0 Å². The van der Waals surface area contributed by atoms with Crippen LogP contribution < -0.4 is 4.74 Å². The highest BCUT2D eigenvalue weighted by molar-refractivity contribution is 6.68. The van der Waals surface area contributed by atoms with Crippen LogP contribution in [-0.2, 0) is 22.4 Å². The molecule has 1 aliphatic carbocycles. The molecule has 1 heterocycles. The zero-order valence-corrected chi connectivity index (χ0v) is 15.8. The number of benzene rings is 3. The molecule has 3 aromatic rings. The number of hydrogen-bond acceptors (Lipinski definition) is 4. The van der Waals surface area contributed by atoms with Crippen molar-refractivity contribution in [2.75, 3.05) is 0 Å². The Labute approximate surface area is 169 Å². The quantitative estimate of drug-likeness (QED) is 0.587. The van der Waals surface area contributed by atoms with E-state index in [1.165, 1.54) is 11.1 Å². The predicted molar refractivity (Wildman–Crippen MR) is 109 cm³/mol. The molecule has 0 fully saturated rings. The molecule has 0 aromatic heterocycles. The van der Waals surface area contributed by atoms with Gasteiger partial charge in [0.15, 0.2) is 0 Å². The van der Waals surface area contributed by atoms with Crippen LogP contribution >= 0.6 is 0 Å². The Bertz CT molecular complexity index is 1070. The first-order valence-corrected chi connectivity index (χ1v) is 9.63. The summed E-state index contributed by atoms with van der Waals surface area (Å²) in [5.74, 6) is -1.13. The van der Waals surface area contributed by atoms with Crippen molar-refractivity contribution in [3.8, 4) is 5.75 Å². The van der Waals surface area contributed by atoms with Crippen molar-refractivity contribution in [3.63, 3.8) is 0 Å². The van der Waals surface area contributed by atoms with Gasteiger partial charge in [-0.3, -0.25) is 14.4 Å². The highest BCUT2D eigenvalue weighted by atomic mass is 16.5. The summed E-state index contributed by atoms with van der Waals surface area (Å²) in [5.41, 5.74) is 3.62. The van der Waals surface area contributed by atoms with E-state index in [4.69, 9.17) is 4.74 Å². The molecule has 0 saturated heterocycles. The summed E-state index contributed by atoms with van der Waals surface area (Å²) < 4.78 is 6.02. The molecule has 0 saturated carbocycles. The number of carbonyl (C=O) groups is 3. The van der Waals surface area contributed by atoms with Gasteiger partial charge < -0.3 is 4.74 Å². The second kappa shape index (κ2) is 8.23. The van der Waals surface area contributed by atoms with Gasteiger partial charge in [-0.25, -0.2) is 0 Å². The molecule has 144 valence electrons. The van der Waals surface area contributed by atoms with Crippen LogP contribution in [0.1, 0.15) is 39.6 Å². The lowest BCUT2D eigenvalue weighted by molar-refractivity contribution is -0.133. The minimum absolute atomic E-state index is 0.0563. The van der Waals surface area contributed by atoms with Gasteiger partial charge in [0, 0.05) is 12.0 Å². The average molecular weight is 384 g/mol. The summed E-state index contributed by atoms with van der Waals surface area (Å²) in [6, 6.07) is 25.5. The van der Waals surface area contributed by atoms with E-state index in [0.29, 0.717) is 11.1 Å². The third kappa shape index (κ3) is 4.02. The van der Waals surface area contributed by atoms with Crippen LogP contribution in [0.5, 0.6) is 5.75 Å². The van der Waals surface area contributed by atoms with Crippen molar-refractivity contribution in [1.29, 1.82) is 0 Å². The summed E-state index contributed by atoms with van der Waals surface area (Å²) in [6.45, 7) is 0. The van der Waals surface area contributed by atoms with Crippen LogP contribution in [0.15, 0.2) is 78.9 Å². The number of aryl methyl sites for hydroxylation is 1. The van der Waals surface area contributed by atoms with E-state index in [1.807, 2.05) is 12.1 Å². The zero-order chi connectivity index (χ0) is 20.2. The Hall–Kier alpha value is -3.53. The Morgan fingerprint density at radius 3 is 2.14 bits per heavy atom. The maximum atomic E-state index is 11.3. The van der Waals surface area contributed by atoms with Crippen LogP contribution in [0.3, 0.4) is 0 Å². The lowest BCUT2D eigenvalue weighted by Gasteiger charge is -2.26. The molecule has 0 radical (unpaired) electrons. The highest BCUT2D eigenvalue weighted by Crippen LogP contribution is 2.34. The molecule has 0 spiro atoms. The van der Waals surface area contributed by atoms with Crippen LogP contribution in [0, 0.1) is 0 Å². The maximum absolute atomic E-state index is 11.3. The zero-order valence-electron chi connectivity index (χ0n) is 15.8. The van der Waals surface area contributed by atoms with Crippen molar-refractivity contribution in [1.82, 2.24) is 0 Å². The number of carbonyl (C=O) groups excluding carboxylic acids is 3. The number of rotatable bonds is 1. The van der Waals surface area contributed by atoms with E-state index in [1.54, 1.807) is 24.3 Å². The Balaban J connectivity index is 0.000000145. The minimum Gasteiger partial charge on any atom is -0.485 e. The molecule has 1 unspecified atom stereocenters. The van der Waals surface area contributed by atoms with Gasteiger partial charge in [0.1, 0.15) is 11.9 Å². The highest BCUT2D eigenvalue weighted by Gasteiger charge is 2.31. The normalized spacial score (nSPS) is 17.4. The molecule has 0 N–H and O–H groups in total. The first kappa shape index (κ1) is 18.8. The van der Waals surface area contributed by atoms with Crippen LogP contribution in [0.25, 0.3) is 0 Å². The van der Waals surface area contributed by atoms with Crippen molar-refractivity contribution in [2.45, 2.75) is 25.4 Å². The van der Waals surface area contributed by atoms with Crippen molar-refractivity contribution in [2.24, 2.45) is 0 Å². The first-order valence-electron chi connectivity index (χ1n) is 9.63. The Morgan fingerprint density at radius 1 is 0.690 bits per heavy atom. The van der Waals surface area contributed by atoms with Crippen molar-refractivity contribution in [3.05, 3.63) is 101 Å². The molecule has 0 bridgehead atoms. The summed E-state index contributed by atoms with van der Waals surface area (Å²) >= 11 is 0. The van der Waals surface area contributed by atoms with E-state index in [2.05, 4.69) is 42.5 Å². The van der Waals surface area contributed by atoms with E-state index in [0.717, 1.165) is 18.6 Å². The second-order valence-corrected chi connectivity index (χ2v) is 7.08. The molecule has 3 aromatic carbocycles. The second-order valence-electron chi connectivity index (χ2n) is 7.08. The smallest absolute Gasteiger partial charge is 0.269 e. The lowest BCUT2D eigenvalue weighted by atomic mass is 9.89. The third-order valence-electron chi connectivity index (χ3n) is 5.16. The summed E-state index contributed by atoms with van der Waals surface area (Å²) in [7, 11) is 0. The fourth-order valence-corrected chi connectivity index (χ4v) is 3.62. The predicted octanol–water partition coefficient (Wildman–Crippen LogP) is 4.32. The molecule has 0 amide bonds. The number of para-hydroxylation sites is 1.